The molecule has 0 heterocycles. The zero-order chi connectivity index (χ0) is 18.4. The minimum Gasteiger partial charge on any atom is -0.367 e. The third-order valence-electron chi connectivity index (χ3n) is 4.14. The van der Waals surface area contributed by atoms with Crippen LogP contribution in [0.2, 0.25) is 10.0 Å². The van der Waals surface area contributed by atoms with Crippen LogP contribution in [0.5, 0.6) is 0 Å². The van der Waals surface area contributed by atoms with Crippen LogP contribution in [0.25, 0.3) is 0 Å². The number of rotatable bonds is 6. The predicted molar refractivity (Wildman–Crippen MR) is 113 cm³/mol. The second-order valence-corrected chi connectivity index (χ2v) is 6.71. The fourth-order valence-corrected chi connectivity index (χ4v) is 3.04. The molecule has 3 rings (SSSR count). The number of benzene rings is 3. The molecule has 0 fully saturated rings. The second-order valence-electron chi connectivity index (χ2n) is 5.92. The lowest BCUT2D eigenvalue weighted by atomic mass is 10.1. The first-order valence-corrected chi connectivity index (χ1v) is 9.30. The summed E-state index contributed by atoms with van der Waals surface area (Å²) in [6, 6.07) is 24.3. The molecule has 3 aromatic carbocycles. The summed E-state index contributed by atoms with van der Waals surface area (Å²) in [5.74, 6) is 0. The van der Waals surface area contributed by atoms with E-state index >= 15 is 0 Å². The van der Waals surface area contributed by atoms with Crippen LogP contribution in [-0.4, -0.2) is 12.8 Å². The van der Waals surface area contributed by atoms with Crippen LogP contribution in [0.15, 0.2) is 77.8 Å². The molecule has 0 unspecified atom stereocenters. The lowest BCUT2D eigenvalue weighted by Gasteiger charge is -2.23. The Morgan fingerprint density at radius 2 is 1.62 bits per heavy atom. The second kappa shape index (κ2) is 8.88. The molecule has 0 saturated heterocycles. The van der Waals surface area contributed by atoms with Gasteiger partial charge in [0, 0.05) is 25.0 Å². The minimum atomic E-state index is 0.474. The van der Waals surface area contributed by atoms with E-state index in [0.29, 0.717) is 15.7 Å². The average Bonchev–Trinajstić information content (AvgIpc) is 2.68. The number of nitrogens with zero attached hydrogens (tertiary/aromatic N) is 2. The summed E-state index contributed by atoms with van der Waals surface area (Å²) in [6.45, 7) is 4.00. The Morgan fingerprint density at radius 1 is 0.885 bits per heavy atom. The van der Waals surface area contributed by atoms with E-state index < -0.39 is 0 Å². The Kier molecular flexibility index (Phi) is 6.32. The van der Waals surface area contributed by atoms with Crippen LogP contribution in [0.3, 0.4) is 0 Å². The zero-order valence-electron chi connectivity index (χ0n) is 14.6. The molecular formula is C22H20Cl2N2. The minimum absolute atomic E-state index is 0.474. The Labute approximate surface area is 164 Å². The molecule has 2 nitrogen and oxygen atoms in total. The molecule has 0 saturated carbocycles. The fraction of sp³-hybridized carbons (Fsp3) is 0.136. The van der Waals surface area contributed by atoms with Crippen LogP contribution in [0, 0.1) is 0 Å². The smallest absolute Gasteiger partial charge is 0.0848 e. The highest BCUT2D eigenvalue weighted by Gasteiger charge is 2.05. The highest BCUT2D eigenvalue weighted by molar-refractivity contribution is 6.43. The van der Waals surface area contributed by atoms with Gasteiger partial charge in [-0.2, -0.15) is 0 Å². The number of anilines is 1. The fourth-order valence-electron chi connectivity index (χ4n) is 2.70. The Bertz CT molecular complexity index is 874. The SMILES string of the molecule is CCN(Cc1ccccc1)c1ccc(C=Nc2cccc(Cl)c2Cl)cc1. The van der Waals surface area contributed by atoms with Gasteiger partial charge in [0.25, 0.3) is 0 Å². The molecule has 4 heteroatoms. The molecule has 26 heavy (non-hydrogen) atoms. The largest absolute Gasteiger partial charge is 0.367 e. The molecule has 0 aliphatic heterocycles. The van der Waals surface area contributed by atoms with Gasteiger partial charge in [0.1, 0.15) is 0 Å². The summed E-state index contributed by atoms with van der Waals surface area (Å²) < 4.78 is 0. The molecule has 0 bridgehead atoms. The van der Waals surface area contributed by atoms with E-state index in [1.807, 2.05) is 18.2 Å². The molecule has 0 aromatic heterocycles. The topological polar surface area (TPSA) is 15.6 Å². The lowest BCUT2D eigenvalue weighted by Crippen LogP contribution is -2.21. The van der Waals surface area contributed by atoms with Crippen molar-refractivity contribution in [3.63, 3.8) is 0 Å². The number of aliphatic imine (C=N–C) groups is 1. The first kappa shape index (κ1) is 18.5. The van der Waals surface area contributed by atoms with Gasteiger partial charge >= 0.3 is 0 Å². The average molecular weight is 383 g/mol. The summed E-state index contributed by atoms with van der Waals surface area (Å²) >= 11 is 12.2. The van der Waals surface area contributed by atoms with Crippen LogP contribution >= 0.6 is 23.2 Å². The molecule has 0 aliphatic rings. The van der Waals surface area contributed by atoms with Crippen molar-refractivity contribution in [3.05, 3.63) is 94.0 Å². The maximum atomic E-state index is 6.17. The number of hydrogen-bond acceptors (Lipinski definition) is 2. The molecule has 0 radical (unpaired) electrons. The summed E-state index contributed by atoms with van der Waals surface area (Å²) in [5, 5.41) is 0.984. The highest BCUT2D eigenvalue weighted by atomic mass is 35.5. The van der Waals surface area contributed by atoms with E-state index in [4.69, 9.17) is 23.2 Å². The Hall–Kier alpha value is -2.29. The van der Waals surface area contributed by atoms with Gasteiger partial charge in [-0.25, -0.2) is 0 Å². The first-order chi connectivity index (χ1) is 12.7. The van der Waals surface area contributed by atoms with Crippen LogP contribution in [0.4, 0.5) is 11.4 Å². The Morgan fingerprint density at radius 3 is 2.31 bits per heavy atom. The molecule has 0 N–H and O–H groups in total. The van der Waals surface area contributed by atoms with Crippen molar-refractivity contribution in [2.24, 2.45) is 4.99 Å². The molecular weight excluding hydrogens is 363 g/mol. The molecule has 0 aliphatic carbocycles. The quantitative estimate of drug-likeness (QED) is 0.429. The summed E-state index contributed by atoms with van der Waals surface area (Å²) in [6.07, 6.45) is 1.80. The van der Waals surface area contributed by atoms with Gasteiger partial charge < -0.3 is 4.90 Å². The van der Waals surface area contributed by atoms with Crippen molar-refractivity contribution in [1.82, 2.24) is 0 Å². The predicted octanol–water partition coefficient (Wildman–Crippen LogP) is 6.77. The molecule has 3 aromatic rings. The van der Waals surface area contributed by atoms with Gasteiger partial charge in [-0.3, -0.25) is 4.99 Å². The summed E-state index contributed by atoms with van der Waals surface area (Å²) in [5.41, 5.74) is 4.17. The molecule has 0 spiro atoms. The van der Waals surface area contributed by atoms with Gasteiger partial charge in [0.2, 0.25) is 0 Å². The first-order valence-electron chi connectivity index (χ1n) is 8.54. The molecule has 132 valence electrons. The van der Waals surface area contributed by atoms with Gasteiger partial charge in [-0.05, 0) is 42.3 Å². The lowest BCUT2D eigenvalue weighted by molar-refractivity contribution is 0.832. The van der Waals surface area contributed by atoms with Crippen molar-refractivity contribution >= 4 is 40.8 Å². The van der Waals surface area contributed by atoms with E-state index in [1.165, 1.54) is 11.3 Å². The normalized spacial score (nSPS) is 11.0. The van der Waals surface area contributed by atoms with Crippen molar-refractivity contribution in [2.45, 2.75) is 13.5 Å². The van der Waals surface area contributed by atoms with E-state index in [0.717, 1.165) is 18.7 Å². The maximum absolute atomic E-state index is 6.17. The van der Waals surface area contributed by atoms with Crippen LogP contribution in [-0.2, 0) is 6.54 Å². The standard InChI is InChI=1S/C22H20Cl2N2/c1-2-26(16-18-7-4-3-5-8-18)19-13-11-17(12-14-19)15-25-21-10-6-9-20(23)22(21)24/h3-15H,2,16H2,1H3. The van der Waals surface area contributed by atoms with E-state index in [1.54, 1.807) is 12.3 Å². The zero-order valence-corrected chi connectivity index (χ0v) is 16.1. The van der Waals surface area contributed by atoms with Crippen molar-refractivity contribution in [2.75, 3.05) is 11.4 Å². The Balaban J connectivity index is 1.73. The third kappa shape index (κ3) is 4.66. The van der Waals surface area contributed by atoms with Gasteiger partial charge in [-0.1, -0.05) is 71.7 Å². The van der Waals surface area contributed by atoms with E-state index in [9.17, 15) is 0 Å². The van der Waals surface area contributed by atoms with Crippen LogP contribution < -0.4 is 4.90 Å². The summed E-state index contributed by atoms with van der Waals surface area (Å²) in [7, 11) is 0. The third-order valence-corrected chi connectivity index (χ3v) is 4.95. The van der Waals surface area contributed by atoms with Gasteiger partial charge in [-0.15, -0.1) is 0 Å². The van der Waals surface area contributed by atoms with Gasteiger partial charge in [0.05, 0.1) is 15.7 Å². The monoisotopic (exact) mass is 382 g/mol. The van der Waals surface area contributed by atoms with Crippen LogP contribution in [0.1, 0.15) is 18.1 Å². The van der Waals surface area contributed by atoms with Crippen molar-refractivity contribution in [3.8, 4) is 0 Å². The van der Waals surface area contributed by atoms with Gasteiger partial charge in [0.15, 0.2) is 0 Å². The van der Waals surface area contributed by atoms with Crippen molar-refractivity contribution in [1.29, 1.82) is 0 Å². The highest BCUT2D eigenvalue weighted by Crippen LogP contribution is 2.31. The number of hydrogen-bond donors (Lipinski definition) is 0. The maximum Gasteiger partial charge on any atom is 0.0848 e. The summed E-state index contributed by atoms with van der Waals surface area (Å²) in [4.78, 5) is 6.78. The van der Waals surface area contributed by atoms with E-state index in [-0.39, 0.29) is 0 Å². The van der Waals surface area contributed by atoms with Crippen molar-refractivity contribution < 1.29 is 0 Å². The molecule has 0 amide bonds. The number of halogens is 2. The molecule has 0 atom stereocenters. The van der Waals surface area contributed by atoms with E-state index in [2.05, 4.69) is 65.3 Å².